The van der Waals surface area contributed by atoms with Crippen LogP contribution in [0.25, 0.3) is 10.2 Å². The third-order valence-corrected chi connectivity index (χ3v) is 8.03. The van der Waals surface area contributed by atoms with Gasteiger partial charge >= 0.3 is 0 Å². The van der Waals surface area contributed by atoms with Gasteiger partial charge in [-0.15, -0.1) is 11.3 Å². The summed E-state index contributed by atoms with van der Waals surface area (Å²) in [5.74, 6) is 0.186. The van der Waals surface area contributed by atoms with E-state index in [2.05, 4.69) is 4.98 Å². The average Bonchev–Trinajstić information content (AvgIpc) is 3.04. The number of hydrogen-bond acceptors (Lipinski definition) is 5. The van der Waals surface area contributed by atoms with Gasteiger partial charge in [0, 0.05) is 6.54 Å². The summed E-state index contributed by atoms with van der Waals surface area (Å²) in [5, 5.41) is 0.350. The maximum Gasteiger partial charge on any atom is 0.273 e. The molecule has 1 unspecified atom stereocenters. The van der Waals surface area contributed by atoms with Crippen LogP contribution in [0.2, 0.25) is 5.15 Å². The Bertz CT molecular complexity index is 1050. The Kier molecular flexibility index (Phi) is 4.19. The zero-order valence-corrected chi connectivity index (χ0v) is 15.6. The number of hydrogen-bond donors (Lipinski definition) is 1. The second-order valence-corrected chi connectivity index (χ2v) is 9.50. The number of sulfonamides is 1. The SMILES string of the molecule is NCC1CCN(S(=O)(=O)c2cc3nc(Cl)ccc3s2)c2ccccc21. The minimum absolute atomic E-state index is 0.186. The molecule has 5 nitrogen and oxygen atoms in total. The number of nitrogens with two attached hydrogens (primary N) is 1. The number of nitrogens with zero attached hydrogens (tertiary/aromatic N) is 2. The number of anilines is 1. The summed E-state index contributed by atoms with van der Waals surface area (Å²) in [7, 11) is -3.65. The van der Waals surface area contributed by atoms with Crippen molar-refractivity contribution < 1.29 is 8.42 Å². The number of thiophene rings is 1. The first-order valence-corrected chi connectivity index (χ1v) is 10.5. The lowest BCUT2D eigenvalue weighted by Crippen LogP contribution is -2.37. The molecule has 0 spiro atoms. The molecular weight excluding hydrogens is 378 g/mol. The van der Waals surface area contributed by atoms with E-state index in [1.165, 1.54) is 15.6 Å². The van der Waals surface area contributed by atoms with Gasteiger partial charge in [-0.3, -0.25) is 4.31 Å². The van der Waals surface area contributed by atoms with Gasteiger partial charge in [-0.2, -0.15) is 0 Å². The van der Waals surface area contributed by atoms with Gasteiger partial charge in [0.1, 0.15) is 9.36 Å². The van der Waals surface area contributed by atoms with E-state index in [9.17, 15) is 8.42 Å². The van der Waals surface area contributed by atoms with Gasteiger partial charge in [0.05, 0.1) is 15.9 Å². The van der Waals surface area contributed by atoms with Crippen LogP contribution in [0.5, 0.6) is 0 Å². The Morgan fingerprint density at radius 1 is 1.28 bits per heavy atom. The van der Waals surface area contributed by atoms with E-state index < -0.39 is 10.0 Å². The Morgan fingerprint density at radius 3 is 2.88 bits per heavy atom. The minimum Gasteiger partial charge on any atom is -0.330 e. The van der Waals surface area contributed by atoms with Gasteiger partial charge in [-0.1, -0.05) is 29.8 Å². The molecule has 0 aliphatic carbocycles. The van der Waals surface area contributed by atoms with E-state index in [1.54, 1.807) is 18.2 Å². The lowest BCUT2D eigenvalue weighted by atomic mass is 9.91. The standard InChI is InChI=1S/C17H16ClN3O2S2/c18-16-6-5-15-13(20-16)9-17(24-15)25(22,23)21-8-7-11(10-19)12-3-1-2-4-14(12)21/h1-6,9,11H,7-8,10,19H2. The fourth-order valence-corrected chi connectivity index (χ4v) is 6.31. The Morgan fingerprint density at radius 2 is 2.08 bits per heavy atom. The second kappa shape index (κ2) is 6.25. The number of fused-ring (bicyclic) bond motifs is 2. The van der Waals surface area contributed by atoms with Crippen LogP contribution in [0.4, 0.5) is 5.69 Å². The maximum absolute atomic E-state index is 13.2. The number of rotatable bonds is 3. The molecule has 0 saturated carbocycles. The second-order valence-electron chi connectivity index (χ2n) is 5.94. The fraction of sp³-hybridized carbons (Fsp3) is 0.235. The van der Waals surface area contributed by atoms with Crippen molar-refractivity contribution in [3.05, 3.63) is 53.2 Å². The van der Waals surface area contributed by atoms with Crippen molar-refractivity contribution >= 4 is 48.9 Å². The molecule has 2 aromatic heterocycles. The third-order valence-electron chi connectivity index (χ3n) is 4.47. The smallest absolute Gasteiger partial charge is 0.273 e. The highest BCUT2D eigenvalue weighted by Gasteiger charge is 2.33. The first kappa shape index (κ1) is 16.8. The van der Waals surface area contributed by atoms with Crippen molar-refractivity contribution in [1.29, 1.82) is 0 Å². The topological polar surface area (TPSA) is 76.3 Å². The molecule has 4 rings (SSSR count). The summed E-state index contributed by atoms with van der Waals surface area (Å²) in [4.78, 5) is 4.20. The third kappa shape index (κ3) is 2.81. The fourth-order valence-electron chi connectivity index (χ4n) is 3.22. The molecule has 1 aromatic carbocycles. The normalized spacial score (nSPS) is 17.7. The summed E-state index contributed by atoms with van der Waals surface area (Å²) in [6, 6.07) is 12.6. The van der Waals surface area contributed by atoms with Gasteiger partial charge in [-0.25, -0.2) is 13.4 Å². The lowest BCUT2D eigenvalue weighted by Gasteiger charge is -2.34. The molecule has 2 N–H and O–H groups in total. The first-order valence-electron chi connectivity index (χ1n) is 7.88. The number of benzene rings is 1. The zero-order valence-electron chi connectivity index (χ0n) is 13.2. The quantitative estimate of drug-likeness (QED) is 0.690. The molecule has 0 radical (unpaired) electrons. The average molecular weight is 394 g/mol. The number of para-hydroxylation sites is 1. The maximum atomic E-state index is 13.2. The molecule has 0 saturated heterocycles. The van der Waals surface area contributed by atoms with Crippen LogP contribution in [0.1, 0.15) is 17.9 Å². The van der Waals surface area contributed by atoms with Crippen molar-refractivity contribution in [3.8, 4) is 0 Å². The van der Waals surface area contributed by atoms with Crippen LogP contribution >= 0.6 is 22.9 Å². The van der Waals surface area contributed by atoms with E-state index in [0.717, 1.165) is 10.3 Å². The minimum atomic E-state index is -3.65. The Balaban J connectivity index is 1.82. The van der Waals surface area contributed by atoms with Crippen molar-refractivity contribution in [2.24, 2.45) is 5.73 Å². The Hall–Kier alpha value is -1.67. The first-order chi connectivity index (χ1) is 12.0. The van der Waals surface area contributed by atoms with E-state index in [1.807, 2.05) is 24.3 Å². The van der Waals surface area contributed by atoms with Gasteiger partial charge in [-0.05, 0) is 48.7 Å². The highest BCUT2D eigenvalue weighted by atomic mass is 35.5. The summed E-state index contributed by atoms with van der Waals surface area (Å²) in [6.45, 7) is 0.930. The molecule has 25 heavy (non-hydrogen) atoms. The molecule has 0 fully saturated rings. The van der Waals surface area contributed by atoms with Gasteiger partial charge in [0.25, 0.3) is 10.0 Å². The van der Waals surface area contributed by atoms with Crippen LogP contribution in [0.15, 0.2) is 46.7 Å². The van der Waals surface area contributed by atoms with E-state index >= 15 is 0 Å². The van der Waals surface area contributed by atoms with Crippen LogP contribution in [-0.2, 0) is 10.0 Å². The van der Waals surface area contributed by atoms with Crippen LogP contribution in [0, 0.1) is 0 Å². The molecule has 3 aromatic rings. The molecule has 1 aliphatic rings. The monoisotopic (exact) mass is 393 g/mol. The summed E-state index contributed by atoms with van der Waals surface area (Å²) in [5.41, 5.74) is 8.16. The molecule has 1 atom stereocenters. The number of aromatic nitrogens is 1. The van der Waals surface area contributed by atoms with Gasteiger partial charge < -0.3 is 5.73 Å². The molecule has 8 heteroatoms. The predicted molar refractivity (Wildman–Crippen MR) is 102 cm³/mol. The largest absolute Gasteiger partial charge is 0.330 e. The lowest BCUT2D eigenvalue weighted by molar-refractivity contribution is 0.573. The van der Waals surface area contributed by atoms with E-state index in [4.69, 9.17) is 17.3 Å². The molecule has 130 valence electrons. The molecule has 0 amide bonds. The predicted octanol–water partition coefficient (Wildman–Crippen LogP) is 3.59. The highest BCUT2D eigenvalue weighted by molar-refractivity contribution is 7.95. The van der Waals surface area contributed by atoms with Crippen LogP contribution < -0.4 is 10.0 Å². The van der Waals surface area contributed by atoms with Crippen molar-refractivity contribution in [3.63, 3.8) is 0 Å². The van der Waals surface area contributed by atoms with Crippen LogP contribution in [0.3, 0.4) is 0 Å². The van der Waals surface area contributed by atoms with Gasteiger partial charge in [0.15, 0.2) is 0 Å². The zero-order chi connectivity index (χ0) is 17.6. The molecular formula is C17H16ClN3O2S2. The number of pyridine rings is 1. The molecule has 1 aliphatic heterocycles. The van der Waals surface area contributed by atoms with Crippen molar-refractivity contribution in [1.82, 2.24) is 4.98 Å². The van der Waals surface area contributed by atoms with Gasteiger partial charge in [0.2, 0.25) is 0 Å². The Labute approximate surface area is 155 Å². The number of halogens is 1. The van der Waals surface area contributed by atoms with E-state index in [-0.39, 0.29) is 10.1 Å². The summed E-state index contributed by atoms with van der Waals surface area (Å²) in [6.07, 6.45) is 0.710. The summed E-state index contributed by atoms with van der Waals surface area (Å²) >= 11 is 7.12. The highest BCUT2D eigenvalue weighted by Crippen LogP contribution is 2.39. The van der Waals surface area contributed by atoms with Crippen molar-refractivity contribution in [2.45, 2.75) is 16.5 Å². The molecule has 3 heterocycles. The van der Waals surface area contributed by atoms with Crippen molar-refractivity contribution in [2.75, 3.05) is 17.4 Å². The van der Waals surface area contributed by atoms with Crippen LogP contribution in [-0.4, -0.2) is 26.5 Å². The van der Waals surface area contributed by atoms with E-state index in [0.29, 0.717) is 35.9 Å². The summed E-state index contributed by atoms with van der Waals surface area (Å²) < 4.78 is 29.0. The molecule has 0 bridgehead atoms.